The Bertz CT molecular complexity index is 510. The molecule has 90 valence electrons. The second kappa shape index (κ2) is 4.97. The molecule has 2 rings (SSSR count). The molecule has 0 aliphatic heterocycles. The summed E-state index contributed by atoms with van der Waals surface area (Å²) in [5.41, 5.74) is 6.67. The van der Waals surface area contributed by atoms with Crippen LogP contribution < -0.4 is 10.5 Å². The quantitative estimate of drug-likeness (QED) is 0.875. The van der Waals surface area contributed by atoms with Gasteiger partial charge < -0.3 is 10.5 Å². The minimum Gasteiger partial charge on any atom is -0.487 e. The predicted molar refractivity (Wildman–Crippen MR) is 61.8 cm³/mol. The molecule has 0 atom stereocenters. The number of hydrogen-bond acceptors (Lipinski definition) is 3. The first kappa shape index (κ1) is 11.6. The molecule has 0 spiro atoms. The summed E-state index contributed by atoms with van der Waals surface area (Å²) in [7, 11) is 1.83. The Balaban J connectivity index is 2.11. The van der Waals surface area contributed by atoms with Crippen LogP contribution in [0.15, 0.2) is 30.5 Å². The smallest absolute Gasteiger partial charge is 0.132 e. The lowest BCUT2D eigenvalue weighted by Gasteiger charge is -2.09. The Hall–Kier alpha value is -1.88. The van der Waals surface area contributed by atoms with E-state index in [1.165, 1.54) is 6.07 Å². The number of nitrogens with zero attached hydrogens (tertiary/aromatic N) is 2. The van der Waals surface area contributed by atoms with E-state index < -0.39 is 0 Å². The Morgan fingerprint density at radius 3 is 2.88 bits per heavy atom. The Morgan fingerprint density at radius 1 is 1.41 bits per heavy atom. The highest BCUT2D eigenvalue weighted by Gasteiger charge is 2.08. The molecule has 5 heteroatoms. The van der Waals surface area contributed by atoms with Crippen molar-refractivity contribution in [2.24, 2.45) is 12.8 Å². The Kier molecular flexibility index (Phi) is 3.39. The molecule has 0 saturated heterocycles. The van der Waals surface area contributed by atoms with Gasteiger partial charge in [-0.15, -0.1) is 0 Å². The number of aryl methyl sites for hydroxylation is 1. The van der Waals surface area contributed by atoms with Gasteiger partial charge in [0.15, 0.2) is 0 Å². The van der Waals surface area contributed by atoms with Gasteiger partial charge in [0.2, 0.25) is 0 Å². The van der Waals surface area contributed by atoms with Crippen LogP contribution in [-0.4, -0.2) is 9.78 Å². The van der Waals surface area contributed by atoms with E-state index in [1.807, 2.05) is 19.3 Å². The number of halogens is 1. The summed E-state index contributed by atoms with van der Waals surface area (Å²) in [4.78, 5) is 0. The first-order chi connectivity index (χ1) is 8.20. The van der Waals surface area contributed by atoms with Gasteiger partial charge in [-0.1, -0.05) is 6.07 Å². The molecule has 0 amide bonds. The highest BCUT2D eigenvalue weighted by atomic mass is 19.1. The van der Waals surface area contributed by atoms with Gasteiger partial charge in [-0.2, -0.15) is 5.10 Å². The van der Waals surface area contributed by atoms with E-state index in [0.29, 0.717) is 17.9 Å². The molecule has 0 bridgehead atoms. The molecule has 0 fully saturated rings. The molecule has 2 N–H and O–H groups in total. The maximum Gasteiger partial charge on any atom is 0.132 e. The lowest BCUT2D eigenvalue weighted by Crippen LogP contribution is -2.05. The SMILES string of the molecule is Cn1ccc(COc2cccc(F)c2CN)n1. The van der Waals surface area contributed by atoms with Crippen molar-refractivity contribution in [1.29, 1.82) is 0 Å². The lowest BCUT2D eigenvalue weighted by atomic mass is 10.2. The number of nitrogens with two attached hydrogens (primary N) is 1. The van der Waals surface area contributed by atoms with E-state index in [9.17, 15) is 4.39 Å². The van der Waals surface area contributed by atoms with Crippen molar-refractivity contribution in [3.05, 3.63) is 47.5 Å². The first-order valence-electron chi connectivity index (χ1n) is 5.29. The third-order valence-corrected chi connectivity index (χ3v) is 2.42. The normalized spacial score (nSPS) is 10.5. The topological polar surface area (TPSA) is 53.1 Å². The third-order valence-electron chi connectivity index (χ3n) is 2.42. The summed E-state index contributed by atoms with van der Waals surface area (Å²) < 4.78 is 20.6. The number of benzene rings is 1. The molecule has 0 aliphatic carbocycles. The fourth-order valence-electron chi connectivity index (χ4n) is 1.56. The maximum absolute atomic E-state index is 13.4. The van der Waals surface area contributed by atoms with Crippen molar-refractivity contribution in [2.75, 3.05) is 0 Å². The highest BCUT2D eigenvalue weighted by molar-refractivity contribution is 5.34. The zero-order valence-electron chi connectivity index (χ0n) is 9.56. The number of aromatic nitrogens is 2. The minimum absolute atomic E-state index is 0.115. The van der Waals surface area contributed by atoms with Gasteiger partial charge in [0.25, 0.3) is 0 Å². The van der Waals surface area contributed by atoms with Crippen LogP contribution in [0.1, 0.15) is 11.3 Å². The summed E-state index contributed by atoms with van der Waals surface area (Å²) in [6, 6.07) is 6.52. The number of ether oxygens (including phenoxy) is 1. The van der Waals surface area contributed by atoms with Gasteiger partial charge in [0.05, 0.1) is 5.69 Å². The van der Waals surface area contributed by atoms with E-state index in [1.54, 1.807) is 16.8 Å². The van der Waals surface area contributed by atoms with Crippen molar-refractivity contribution in [3.8, 4) is 5.75 Å². The summed E-state index contributed by atoms with van der Waals surface area (Å²) in [6.45, 7) is 0.418. The van der Waals surface area contributed by atoms with Crippen LogP contribution in [0.3, 0.4) is 0 Å². The van der Waals surface area contributed by atoms with Gasteiger partial charge in [0, 0.05) is 25.4 Å². The van der Waals surface area contributed by atoms with Crippen molar-refractivity contribution in [3.63, 3.8) is 0 Å². The molecular weight excluding hydrogens is 221 g/mol. The second-order valence-corrected chi connectivity index (χ2v) is 3.69. The van der Waals surface area contributed by atoms with Gasteiger partial charge in [-0.3, -0.25) is 4.68 Å². The summed E-state index contributed by atoms with van der Waals surface area (Å²) >= 11 is 0. The Morgan fingerprint density at radius 2 is 2.24 bits per heavy atom. The molecule has 0 radical (unpaired) electrons. The van der Waals surface area contributed by atoms with Gasteiger partial charge in [-0.05, 0) is 18.2 Å². The van der Waals surface area contributed by atoms with Crippen molar-refractivity contribution in [1.82, 2.24) is 9.78 Å². The van der Waals surface area contributed by atoms with Crippen LogP contribution in [0.2, 0.25) is 0 Å². The zero-order valence-corrected chi connectivity index (χ0v) is 9.56. The van der Waals surface area contributed by atoms with Crippen LogP contribution in [0.4, 0.5) is 4.39 Å². The zero-order chi connectivity index (χ0) is 12.3. The van der Waals surface area contributed by atoms with Crippen LogP contribution in [0, 0.1) is 5.82 Å². The second-order valence-electron chi connectivity index (χ2n) is 3.69. The van der Waals surface area contributed by atoms with Crippen LogP contribution in [-0.2, 0) is 20.2 Å². The van der Waals surface area contributed by atoms with Crippen LogP contribution >= 0.6 is 0 Å². The fraction of sp³-hybridized carbons (Fsp3) is 0.250. The average molecular weight is 235 g/mol. The molecule has 1 aromatic carbocycles. The third kappa shape index (κ3) is 2.62. The standard InChI is InChI=1S/C12H14FN3O/c1-16-6-5-9(15-16)8-17-12-4-2-3-11(13)10(12)7-14/h2-6H,7-8,14H2,1H3. The van der Waals surface area contributed by atoms with Gasteiger partial charge in [-0.25, -0.2) is 4.39 Å². The van der Waals surface area contributed by atoms with Crippen LogP contribution in [0.5, 0.6) is 5.75 Å². The molecule has 0 unspecified atom stereocenters. The Labute approximate surface area is 98.8 Å². The molecule has 1 aromatic heterocycles. The summed E-state index contributed by atoms with van der Waals surface area (Å²) in [5.74, 6) is 0.129. The fourth-order valence-corrected chi connectivity index (χ4v) is 1.56. The maximum atomic E-state index is 13.4. The van der Waals surface area contributed by atoms with Crippen LogP contribution in [0.25, 0.3) is 0 Å². The highest BCUT2D eigenvalue weighted by Crippen LogP contribution is 2.21. The summed E-state index contributed by atoms with van der Waals surface area (Å²) in [6.07, 6.45) is 1.83. The van der Waals surface area contributed by atoms with E-state index in [2.05, 4.69) is 5.10 Å². The predicted octanol–water partition coefficient (Wildman–Crippen LogP) is 1.60. The van der Waals surface area contributed by atoms with Gasteiger partial charge >= 0.3 is 0 Å². The first-order valence-corrected chi connectivity index (χ1v) is 5.29. The number of hydrogen-bond donors (Lipinski definition) is 1. The lowest BCUT2D eigenvalue weighted by molar-refractivity contribution is 0.295. The molecular formula is C12H14FN3O. The molecule has 4 nitrogen and oxygen atoms in total. The van der Waals surface area contributed by atoms with Gasteiger partial charge in [0.1, 0.15) is 18.2 Å². The molecule has 0 aliphatic rings. The summed E-state index contributed by atoms with van der Waals surface area (Å²) in [5, 5.41) is 4.17. The van der Waals surface area contributed by atoms with Crippen molar-refractivity contribution >= 4 is 0 Å². The minimum atomic E-state index is -0.342. The molecule has 0 saturated carbocycles. The number of rotatable bonds is 4. The molecule has 1 heterocycles. The van der Waals surface area contributed by atoms with Crippen molar-refractivity contribution < 1.29 is 9.13 Å². The molecule has 2 aromatic rings. The van der Waals surface area contributed by atoms with E-state index in [0.717, 1.165) is 5.69 Å². The molecule has 17 heavy (non-hydrogen) atoms. The largest absolute Gasteiger partial charge is 0.487 e. The van der Waals surface area contributed by atoms with Crippen molar-refractivity contribution in [2.45, 2.75) is 13.2 Å². The van der Waals surface area contributed by atoms with E-state index >= 15 is 0 Å². The monoisotopic (exact) mass is 235 g/mol. The van der Waals surface area contributed by atoms with E-state index in [-0.39, 0.29) is 12.4 Å². The van der Waals surface area contributed by atoms with E-state index in [4.69, 9.17) is 10.5 Å². The average Bonchev–Trinajstić information content (AvgIpc) is 2.72.